The van der Waals surface area contributed by atoms with E-state index < -0.39 is 0 Å². The first-order chi connectivity index (χ1) is 10.6. The molecule has 2 N–H and O–H groups in total. The Hall–Kier alpha value is -1.75. The molecule has 0 amide bonds. The van der Waals surface area contributed by atoms with E-state index in [4.69, 9.17) is 15.2 Å². The molecular formula is C17H27N3O2. The Bertz CT molecular complexity index is 511. The molecule has 0 aromatic heterocycles. The van der Waals surface area contributed by atoms with Gasteiger partial charge in [-0.15, -0.1) is 0 Å². The van der Waals surface area contributed by atoms with Crippen LogP contribution >= 0.6 is 0 Å². The number of guanidine groups is 1. The first kappa shape index (κ1) is 16.6. The molecule has 1 aromatic rings. The van der Waals surface area contributed by atoms with E-state index in [9.17, 15) is 0 Å². The van der Waals surface area contributed by atoms with Crippen LogP contribution in [0.5, 0.6) is 5.75 Å². The van der Waals surface area contributed by atoms with Gasteiger partial charge < -0.3 is 20.1 Å². The average Bonchev–Trinajstić information content (AvgIpc) is 2.54. The Morgan fingerprint density at radius 2 is 2.14 bits per heavy atom. The summed E-state index contributed by atoms with van der Waals surface area (Å²) in [5.74, 6) is 1.49. The van der Waals surface area contributed by atoms with E-state index in [1.165, 1.54) is 5.56 Å². The number of hydrogen-bond donors (Lipinski definition) is 1. The van der Waals surface area contributed by atoms with Crippen molar-refractivity contribution in [2.45, 2.75) is 39.8 Å². The molecule has 1 heterocycles. The summed E-state index contributed by atoms with van der Waals surface area (Å²) in [6.45, 7) is 9.84. The first-order valence-electron chi connectivity index (χ1n) is 7.99. The van der Waals surface area contributed by atoms with Gasteiger partial charge in [-0.1, -0.05) is 19.1 Å². The Labute approximate surface area is 133 Å². The average molecular weight is 305 g/mol. The highest BCUT2D eigenvalue weighted by Crippen LogP contribution is 2.23. The van der Waals surface area contributed by atoms with Gasteiger partial charge in [-0.05, 0) is 31.9 Å². The third kappa shape index (κ3) is 4.63. The van der Waals surface area contributed by atoms with Gasteiger partial charge in [0.05, 0.1) is 25.9 Å². The summed E-state index contributed by atoms with van der Waals surface area (Å²) < 4.78 is 11.3. The zero-order valence-electron chi connectivity index (χ0n) is 13.8. The summed E-state index contributed by atoms with van der Waals surface area (Å²) in [6, 6.07) is 6.23. The molecule has 5 heteroatoms. The third-order valence-corrected chi connectivity index (χ3v) is 3.87. The summed E-state index contributed by atoms with van der Waals surface area (Å²) in [7, 11) is 0. The van der Waals surface area contributed by atoms with Gasteiger partial charge in [0.2, 0.25) is 0 Å². The highest BCUT2D eigenvalue weighted by Gasteiger charge is 2.13. The minimum absolute atomic E-state index is 0.195. The van der Waals surface area contributed by atoms with Gasteiger partial charge in [0.1, 0.15) is 5.75 Å². The molecule has 122 valence electrons. The van der Waals surface area contributed by atoms with Crippen molar-refractivity contribution in [3.63, 3.8) is 0 Å². The maximum atomic E-state index is 6.08. The smallest absolute Gasteiger partial charge is 0.191 e. The third-order valence-electron chi connectivity index (χ3n) is 3.87. The minimum Gasteiger partial charge on any atom is -0.490 e. The summed E-state index contributed by atoms with van der Waals surface area (Å²) in [6.07, 6.45) is 1.17. The fourth-order valence-corrected chi connectivity index (χ4v) is 2.26. The quantitative estimate of drug-likeness (QED) is 0.670. The fourth-order valence-electron chi connectivity index (χ4n) is 2.26. The molecule has 5 nitrogen and oxygen atoms in total. The standard InChI is InChI=1S/C17H27N3O2/c1-4-14(3)22-16-11-13(2)5-6-15(16)12-19-17(18)20-7-9-21-10-8-20/h5-6,11,14H,4,7-10,12H2,1-3H3,(H2,18,19). The van der Waals surface area contributed by atoms with Crippen molar-refractivity contribution in [1.29, 1.82) is 0 Å². The van der Waals surface area contributed by atoms with Crippen molar-refractivity contribution in [2.24, 2.45) is 10.7 Å². The van der Waals surface area contributed by atoms with Crippen LogP contribution in [0.3, 0.4) is 0 Å². The molecule has 2 rings (SSSR count). The number of benzene rings is 1. The highest BCUT2D eigenvalue weighted by atomic mass is 16.5. The maximum absolute atomic E-state index is 6.08. The Morgan fingerprint density at radius 1 is 1.41 bits per heavy atom. The van der Waals surface area contributed by atoms with Crippen LogP contribution in [0, 0.1) is 6.92 Å². The van der Waals surface area contributed by atoms with E-state index >= 15 is 0 Å². The normalized spacial score (nSPS) is 17.4. The molecule has 1 aliphatic rings. The minimum atomic E-state index is 0.195. The molecule has 1 atom stereocenters. The number of aliphatic imine (C=N–C) groups is 1. The lowest BCUT2D eigenvalue weighted by molar-refractivity contribution is 0.0674. The van der Waals surface area contributed by atoms with E-state index in [0.29, 0.717) is 25.7 Å². The molecule has 1 fully saturated rings. The van der Waals surface area contributed by atoms with E-state index in [1.807, 2.05) is 0 Å². The molecule has 0 aliphatic carbocycles. The van der Waals surface area contributed by atoms with Crippen molar-refractivity contribution >= 4 is 5.96 Å². The number of aryl methyl sites for hydroxylation is 1. The number of rotatable bonds is 5. The zero-order valence-corrected chi connectivity index (χ0v) is 13.8. The number of morpholine rings is 1. The molecule has 0 bridgehead atoms. The van der Waals surface area contributed by atoms with E-state index in [-0.39, 0.29) is 6.10 Å². The molecule has 0 radical (unpaired) electrons. The molecule has 0 spiro atoms. The van der Waals surface area contributed by atoms with Gasteiger partial charge in [0.15, 0.2) is 5.96 Å². The second-order valence-electron chi connectivity index (χ2n) is 5.72. The SMILES string of the molecule is CCC(C)Oc1cc(C)ccc1CN=C(N)N1CCOCC1. The van der Waals surface area contributed by atoms with Crippen molar-refractivity contribution in [3.8, 4) is 5.75 Å². The lowest BCUT2D eigenvalue weighted by Gasteiger charge is -2.27. The van der Waals surface area contributed by atoms with Crippen molar-refractivity contribution < 1.29 is 9.47 Å². The molecule has 1 saturated heterocycles. The molecule has 1 unspecified atom stereocenters. The zero-order chi connectivity index (χ0) is 15.9. The second kappa shape index (κ2) is 8.03. The van der Waals surface area contributed by atoms with Crippen LogP contribution in [0.25, 0.3) is 0 Å². The molecule has 0 saturated carbocycles. The predicted molar refractivity (Wildman–Crippen MR) is 89.3 cm³/mol. The van der Waals surface area contributed by atoms with Crippen LogP contribution in [-0.4, -0.2) is 43.3 Å². The van der Waals surface area contributed by atoms with Gasteiger partial charge >= 0.3 is 0 Å². The highest BCUT2D eigenvalue weighted by molar-refractivity contribution is 5.78. The van der Waals surface area contributed by atoms with Crippen LogP contribution in [0.2, 0.25) is 0 Å². The van der Waals surface area contributed by atoms with Gasteiger partial charge in [-0.2, -0.15) is 0 Å². The van der Waals surface area contributed by atoms with Crippen molar-refractivity contribution in [2.75, 3.05) is 26.3 Å². The monoisotopic (exact) mass is 305 g/mol. The summed E-state index contributed by atoms with van der Waals surface area (Å²) >= 11 is 0. The van der Waals surface area contributed by atoms with Crippen molar-refractivity contribution in [3.05, 3.63) is 29.3 Å². The second-order valence-corrected chi connectivity index (χ2v) is 5.72. The molecule has 22 heavy (non-hydrogen) atoms. The predicted octanol–water partition coefficient (Wildman–Crippen LogP) is 2.32. The maximum Gasteiger partial charge on any atom is 0.191 e. The van der Waals surface area contributed by atoms with Gasteiger partial charge in [-0.25, -0.2) is 4.99 Å². The van der Waals surface area contributed by atoms with Crippen LogP contribution in [0.15, 0.2) is 23.2 Å². The summed E-state index contributed by atoms with van der Waals surface area (Å²) in [5, 5.41) is 0. The molecule has 1 aliphatic heterocycles. The number of nitrogens with two attached hydrogens (primary N) is 1. The van der Waals surface area contributed by atoms with E-state index in [0.717, 1.165) is 30.8 Å². The van der Waals surface area contributed by atoms with Crippen LogP contribution in [0.1, 0.15) is 31.4 Å². The molecular weight excluding hydrogens is 278 g/mol. The van der Waals surface area contributed by atoms with Crippen LogP contribution in [0.4, 0.5) is 0 Å². The van der Waals surface area contributed by atoms with Crippen LogP contribution < -0.4 is 10.5 Å². The fraction of sp³-hybridized carbons (Fsp3) is 0.588. The van der Waals surface area contributed by atoms with E-state index in [2.05, 4.69) is 48.9 Å². The topological polar surface area (TPSA) is 60.1 Å². The number of hydrogen-bond acceptors (Lipinski definition) is 3. The largest absolute Gasteiger partial charge is 0.490 e. The first-order valence-corrected chi connectivity index (χ1v) is 7.99. The Kier molecular flexibility index (Phi) is 6.07. The Balaban J connectivity index is 2.07. The lowest BCUT2D eigenvalue weighted by atomic mass is 10.1. The lowest BCUT2D eigenvalue weighted by Crippen LogP contribution is -2.44. The van der Waals surface area contributed by atoms with E-state index in [1.54, 1.807) is 0 Å². The summed E-state index contributed by atoms with van der Waals surface area (Å²) in [5.41, 5.74) is 8.34. The van der Waals surface area contributed by atoms with Gasteiger partial charge in [0.25, 0.3) is 0 Å². The van der Waals surface area contributed by atoms with Crippen molar-refractivity contribution in [1.82, 2.24) is 4.90 Å². The van der Waals surface area contributed by atoms with Gasteiger partial charge in [0, 0.05) is 18.7 Å². The number of ether oxygens (including phenoxy) is 2. The molecule has 1 aromatic carbocycles. The van der Waals surface area contributed by atoms with Gasteiger partial charge in [-0.3, -0.25) is 0 Å². The van der Waals surface area contributed by atoms with Crippen LogP contribution in [-0.2, 0) is 11.3 Å². The summed E-state index contributed by atoms with van der Waals surface area (Å²) in [4.78, 5) is 6.59. The number of nitrogens with zero attached hydrogens (tertiary/aromatic N) is 2. The Morgan fingerprint density at radius 3 is 2.82 bits per heavy atom.